The zero-order valence-corrected chi connectivity index (χ0v) is 14.0. The van der Waals surface area contributed by atoms with Crippen molar-refractivity contribution < 1.29 is 4.79 Å². The van der Waals surface area contributed by atoms with E-state index in [-0.39, 0.29) is 18.0 Å². The summed E-state index contributed by atoms with van der Waals surface area (Å²) in [6.45, 7) is 7.61. The van der Waals surface area contributed by atoms with Crippen LogP contribution in [-0.2, 0) is 4.79 Å². The Balaban J connectivity index is 2.79. The number of carbonyl (C=O) groups is 1. The molecule has 1 aromatic rings. The Morgan fingerprint density at radius 1 is 1.35 bits per heavy atom. The second-order valence-corrected chi connectivity index (χ2v) is 6.00. The number of benzene rings is 1. The van der Waals surface area contributed by atoms with Crippen LogP contribution in [0.2, 0.25) is 0 Å². The number of hydrogen-bond donors (Lipinski definition) is 2. The lowest BCUT2D eigenvalue weighted by Gasteiger charge is -2.30. The Hall–Kier alpha value is -0.910. The predicted molar refractivity (Wildman–Crippen MR) is 86.5 cm³/mol. The number of likely N-dealkylation sites (N-methyl/N-ethyl adjacent to an activating group) is 1. The van der Waals surface area contributed by atoms with E-state index in [0.29, 0.717) is 13.1 Å². The molecule has 5 heteroatoms. The number of carbonyl (C=O) groups excluding carboxylic acids is 1. The number of halogens is 1. The van der Waals surface area contributed by atoms with Gasteiger partial charge in [-0.1, -0.05) is 35.0 Å². The fourth-order valence-electron chi connectivity index (χ4n) is 2.18. The third kappa shape index (κ3) is 5.23. The number of amides is 1. The van der Waals surface area contributed by atoms with Crippen LogP contribution >= 0.6 is 15.9 Å². The first-order chi connectivity index (χ1) is 9.47. The molecule has 1 unspecified atom stereocenters. The van der Waals surface area contributed by atoms with Gasteiger partial charge in [0.25, 0.3) is 0 Å². The molecule has 1 rings (SSSR count). The van der Waals surface area contributed by atoms with E-state index in [1.54, 1.807) is 0 Å². The van der Waals surface area contributed by atoms with Gasteiger partial charge in [-0.05, 0) is 38.1 Å². The minimum absolute atomic E-state index is 0.0393. The number of nitrogens with zero attached hydrogens (tertiary/aromatic N) is 1. The van der Waals surface area contributed by atoms with Gasteiger partial charge in [-0.3, -0.25) is 9.69 Å². The molecule has 0 radical (unpaired) electrons. The Labute approximate surface area is 129 Å². The summed E-state index contributed by atoms with van der Waals surface area (Å²) in [7, 11) is 0. The Bertz CT molecular complexity index is 420. The van der Waals surface area contributed by atoms with Gasteiger partial charge in [-0.25, -0.2) is 0 Å². The lowest BCUT2D eigenvalue weighted by molar-refractivity contribution is -0.123. The fraction of sp³-hybridized carbons (Fsp3) is 0.533. The summed E-state index contributed by atoms with van der Waals surface area (Å²) in [6.07, 6.45) is 0. The van der Waals surface area contributed by atoms with E-state index in [2.05, 4.69) is 26.1 Å². The SMILES string of the molecule is CCN(CC(=O)NC(C)C)C(CN)c1ccc(Br)cc1. The predicted octanol–water partition coefficient (Wildman–Crippen LogP) is 2.30. The van der Waals surface area contributed by atoms with E-state index in [1.807, 2.05) is 45.0 Å². The highest BCUT2D eigenvalue weighted by Crippen LogP contribution is 2.21. The van der Waals surface area contributed by atoms with Crippen molar-refractivity contribution >= 4 is 21.8 Å². The molecule has 0 spiro atoms. The molecule has 0 aliphatic rings. The van der Waals surface area contributed by atoms with E-state index in [9.17, 15) is 4.79 Å². The summed E-state index contributed by atoms with van der Waals surface area (Å²) < 4.78 is 1.04. The lowest BCUT2D eigenvalue weighted by atomic mass is 10.1. The molecule has 0 aliphatic heterocycles. The van der Waals surface area contributed by atoms with Gasteiger partial charge in [0.1, 0.15) is 0 Å². The Morgan fingerprint density at radius 2 is 1.95 bits per heavy atom. The summed E-state index contributed by atoms with van der Waals surface area (Å²) in [4.78, 5) is 14.0. The highest BCUT2D eigenvalue weighted by atomic mass is 79.9. The summed E-state index contributed by atoms with van der Waals surface area (Å²) in [5, 5.41) is 2.92. The van der Waals surface area contributed by atoms with Gasteiger partial charge in [0, 0.05) is 23.1 Å². The third-order valence-electron chi connectivity index (χ3n) is 3.12. The first kappa shape index (κ1) is 17.1. The molecule has 0 saturated carbocycles. The Morgan fingerprint density at radius 3 is 2.40 bits per heavy atom. The van der Waals surface area contributed by atoms with Gasteiger partial charge < -0.3 is 11.1 Å². The van der Waals surface area contributed by atoms with E-state index in [1.165, 1.54) is 0 Å². The maximum Gasteiger partial charge on any atom is 0.234 e. The van der Waals surface area contributed by atoms with Crippen LogP contribution in [0, 0.1) is 0 Å². The summed E-state index contributed by atoms with van der Waals surface area (Å²) >= 11 is 3.43. The molecule has 0 fully saturated rings. The van der Waals surface area contributed by atoms with Crippen molar-refractivity contribution in [3.05, 3.63) is 34.3 Å². The fourth-order valence-corrected chi connectivity index (χ4v) is 2.44. The van der Waals surface area contributed by atoms with Gasteiger partial charge in [-0.2, -0.15) is 0 Å². The topological polar surface area (TPSA) is 58.4 Å². The van der Waals surface area contributed by atoms with E-state index in [4.69, 9.17) is 5.73 Å². The lowest BCUT2D eigenvalue weighted by Crippen LogP contribution is -2.43. The van der Waals surface area contributed by atoms with Crippen LogP contribution < -0.4 is 11.1 Å². The molecule has 1 atom stereocenters. The molecule has 112 valence electrons. The van der Waals surface area contributed by atoms with Crippen LogP contribution in [0.25, 0.3) is 0 Å². The van der Waals surface area contributed by atoms with Crippen molar-refractivity contribution in [1.82, 2.24) is 10.2 Å². The molecule has 0 heterocycles. The van der Waals surface area contributed by atoms with Gasteiger partial charge in [0.05, 0.1) is 6.54 Å². The van der Waals surface area contributed by atoms with E-state index in [0.717, 1.165) is 16.6 Å². The second kappa shape index (κ2) is 8.39. The standard InChI is InChI=1S/C15H24BrN3O/c1-4-19(10-15(20)18-11(2)3)14(9-17)12-5-7-13(16)8-6-12/h5-8,11,14H,4,9-10,17H2,1-3H3,(H,18,20). The summed E-state index contributed by atoms with van der Waals surface area (Å²) in [5.74, 6) is 0.0393. The minimum Gasteiger partial charge on any atom is -0.353 e. The van der Waals surface area contributed by atoms with Crippen molar-refractivity contribution in [1.29, 1.82) is 0 Å². The molecule has 0 saturated heterocycles. The summed E-state index contributed by atoms with van der Waals surface area (Å²) in [6, 6.07) is 8.31. The molecule has 0 bridgehead atoms. The molecular weight excluding hydrogens is 318 g/mol. The van der Waals surface area contributed by atoms with Gasteiger partial charge in [-0.15, -0.1) is 0 Å². The zero-order chi connectivity index (χ0) is 15.1. The molecule has 0 aliphatic carbocycles. The highest BCUT2D eigenvalue weighted by Gasteiger charge is 2.20. The van der Waals surface area contributed by atoms with Crippen LogP contribution in [0.3, 0.4) is 0 Å². The number of nitrogens with two attached hydrogens (primary N) is 1. The van der Waals surface area contributed by atoms with Crippen LogP contribution in [0.1, 0.15) is 32.4 Å². The second-order valence-electron chi connectivity index (χ2n) is 5.09. The normalized spacial score (nSPS) is 12.8. The van der Waals surface area contributed by atoms with Crippen molar-refractivity contribution in [2.75, 3.05) is 19.6 Å². The Kier molecular flexibility index (Phi) is 7.19. The average Bonchev–Trinajstić information content (AvgIpc) is 2.39. The van der Waals surface area contributed by atoms with Crippen molar-refractivity contribution in [3.8, 4) is 0 Å². The first-order valence-corrected chi connectivity index (χ1v) is 7.76. The van der Waals surface area contributed by atoms with Crippen LogP contribution in [0.4, 0.5) is 0 Å². The minimum atomic E-state index is 0.0393. The van der Waals surface area contributed by atoms with Gasteiger partial charge in [0.15, 0.2) is 0 Å². The molecule has 0 aromatic heterocycles. The smallest absolute Gasteiger partial charge is 0.234 e. The molecule has 4 nitrogen and oxygen atoms in total. The molecular formula is C15H24BrN3O. The van der Waals surface area contributed by atoms with Crippen LogP contribution in [0.15, 0.2) is 28.7 Å². The maximum atomic E-state index is 11.9. The molecule has 3 N–H and O–H groups in total. The van der Waals surface area contributed by atoms with Crippen LogP contribution in [-0.4, -0.2) is 36.5 Å². The van der Waals surface area contributed by atoms with Gasteiger partial charge >= 0.3 is 0 Å². The quantitative estimate of drug-likeness (QED) is 0.799. The molecule has 1 aromatic carbocycles. The highest BCUT2D eigenvalue weighted by molar-refractivity contribution is 9.10. The zero-order valence-electron chi connectivity index (χ0n) is 12.4. The van der Waals surface area contributed by atoms with Crippen molar-refractivity contribution in [3.63, 3.8) is 0 Å². The average molecular weight is 342 g/mol. The number of hydrogen-bond acceptors (Lipinski definition) is 3. The third-order valence-corrected chi connectivity index (χ3v) is 3.65. The van der Waals surface area contributed by atoms with Gasteiger partial charge in [0.2, 0.25) is 5.91 Å². The summed E-state index contributed by atoms with van der Waals surface area (Å²) in [5.41, 5.74) is 7.05. The number of nitrogens with one attached hydrogen (secondary N) is 1. The largest absolute Gasteiger partial charge is 0.353 e. The van der Waals surface area contributed by atoms with Crippen molar-refractivity contribution in [2.45, 2.75) is 32.9 Å². The molecule has 20 heavy (non-hydrogen) atoms. The van der Waals surface area contributed by atoms with E-state index < -0.39 is 0 Å². The molecule has 1 amide bonds. The van der Waals surface area contributed by atoms with E-state index >= 15 is 0 Å². The van der Waals surface area contributed by atoms with Crippen LogP contribution in [0.5, 0.6) is 0 Å². The maximum absolute atomic E-state index is 11.9. The monoisotopic (exact) mass is 341 g/mol. The van der Waals surface area contributed by atoms with Crippen molar-refractivity contribution in [2.24, 2.45) is 5.73 Å². The number of rotatable bonds is 7. The first-order valence-electron chi connectivity index (χ1n) is 6.96.